The number of nitrogens with one attached hydrogen (secondary N) is 1. The second-order valence-electron chi connectivity index (χ2n) is 6.12. The molecule has 0 fully saturated rings. The minimum Gasteiger partial charge on any atom is -0.355 e. The smallest absolute Gasteiger partial charge is 0.220 e. The van der Waals surface area contributed by atoms with Gasteiger partial charge in [0, 0.05) is 18.4 Å². The molecule has 0 saturated carbocycles. The van der Waals surface area contributed by atoms with E-state index in [1.807, 2.05) is 19.9 Å². The minimum atomic E-state index is -0.280. The number of hydrogen-bond acceptors (Lipinski definition) is 2. The molecule has 22 heavy (non-hydrogen) atoms. The maximum Gasteiger partial charge on any atom is 0.220 e. The fourth-order valence-electron chi connectivity index (χ4n) is 2.20. The minimum absolute atomic E-state index is 0. The van der Waals surface area contributed by atoms with E-state index in [4.69, 9.17) is 5.73 Å². The van der Waals surface area contributed by atoms with Crippen molar-refractivity contribution in [2.75, 3.05) is 13.1 Å². The molecule has 126 valence electrons. The standard InChI is InChI=1S/C17H27FN2O.ClH/c1-17(2,14-8-7-9-15(18)12-14)13-20-16(21)10-5-3-4-6-11-19;/h7-9,12H,3-6,10-11,13,19H2,1-2H3,(H,20,21);1H. The van der Waals surface area contributed by atoms with Crippen LogP contribution in [0.2, 0.25) is 0 Å². The summed E-state index contributed by atoms with van der Waals surface area (Å²) in [5.74, 6) is -0.181. The summed E-state index contributed by atoms with van der Waals surface area (Å²) in [6.45, 7) is 5.23. The van der Waals surface area contributed by atoms with Crippen molar-refractivity contribution in [3.05, 3.63) is 35.6 Å². The van der Waals surface area contributed by atoms with Crippen molar-refractivity contribution in [2.45, 2.75) is 51.4 Å². The molecule has 1 aromatic carbocycles. The third kappa shape index (κ3) is 7.76. The number of amides is 1. The first-order chi connectivity index (χ1) is 9.95. The summed E-state index contributed by atoms with van der Waals surface area (Å²) in [5, 5.41) is 2.95. The van der Waals surface area contributed by atoms with Crippen molar-refractivity contribution in [1.82, 2.24) is 5.32 Å². The van der Waals surface area contributed by atoms with Crippen molar-refractivity contribution in [2.24, 2.45) is 5.73 Å². The van der Waals surface area contributed by atoms with Gasteiger partial charge in [-0.2, -0.15) is 0 Å². The van der Waals surface area contributed by atoms with E-state index in [0.29, 0.717) is 19.5 Å². The zero-order valence-electron chi connectivity index (χ0n) is 13.5. The highest BCUT2D eigenvalue weighted by Crippen LogP contribution is 2.22. The molecule has 0 heterocycles. The Morgan fingerprint density at radius 2 is 1.91 bits per heavy atom. The molecule has 3 N–H and O–H groups in total. The lowest BCUT2D eigenvalue weighted by Gasteiger charge is -2.25. The van der Waals surface area contributed by atoms with E-state index in [1.165, 1.54) is 12.1 Å². The van der Waals surface area contributed by atoms with Gasteiger partial charge in [0.25, 0.3) is 0 Å². The molecular formula is C17H28ClFN2O. The Balaban J connectivity index is 0.00000441. The summed E-state index contributed by atoms with van der Waals surface area (Å²) in [6, 6.07) is 6.55. The molecule has 0 aliphatic carbocycles. The van der Waals surface area contributed by atoms with Crippen LogP contribution in [0.4, 0.5) is 4.39 Å². The van der Waals surface area contributed by atoms with E-state index in [2.05, 4.69) is 5.32 Å². The Morgan fingerprint density at radius 1 is 1.23 bits per heavy atom. The number of carbonyl (C=O) groups is 1. The number of unbranched alkanes of at least 4 members (excludes halogenated alkanes) is 3. The van der Waals surface area contributed by atoms with Gasteiger partial charge in [-0.3, -0.25) is 4.79 Å². The van der Waals surface area contributed by atoms with Crippen LogP contribution in [0, 0.1) is 5.82 Å². The zero-order valence-corrected chi connectivity index (χ0v) is 14.3. The summed E-state index contributed by atoms with van der Waals surface area (Å²) in [5.41, 5.74) is 6.04. The van der Waals surface area contributed by atoms with Gasteiger partial charge in [0.1, 0.15) is 5.82 Å². The molecule has 0 bridgehead atoms. The van der Waals surface area contributed by atoms with E-state index in [-0.39, 0.29) is 29.5 Å². The zero-order chi connectivity index (χ0) is 15.7. The topological polar surface area (TPSA) is 55.1 Å². The summed E-state index contributed by atoms with van der Waals surface area (Å²) in [7, 11) is 0. The number of hydrogen-bond donors (Lipinski definition) is 2. The maximum absolute atomic E-state index is 13.3. The van der Waals surface area contributed by atoms with Crippen LogP contribution >= 0.6 is 12.4 Å². The van der Waals surface area contributed by atoms with Crippen LogP contribution in [0.3, 0.4) is 0 Å². The molecule has 1 amide bonds. The van der Waals surface area contributed by atoms with Gasteiger partial charge in [0.05, 0.1) is 0 Å². The largest absolute Gasteiger partial charge is 0.355 e. The van der Waals surface area contributed by atoms with Gasteiger partial charge in [-0.15, -0.1) is 12.4 Å². The first-order valence-corrected chi connectivity index (χ1v) is 7.68. The molecule has 0 unspecified atom stereocenters. The molecule has 0 saturated heterocycles. The van der Waals surface area contributed by atoms with Crippen LogP contribution in [-0.4, -0.2) is 19.0 Å². The summed E-state index contributed by atoms with van der Waals surface area (Å²) in [6.07, 6.45) is 4.58. The first-order valence-electron chi connectivity index (χ1n) is 7.68. The predicted octanol–water partition coefficient (Wildman–Crippen LogP) is 3.55. The van der Waals surface area contributed by atoms with E-state index in [9.17, 15) is 9.18 Å². The molecule has 0 aliphatic rings. The summed E-state index contributed by atoms with van der Waals surface area (Å²) >= 11 is 0. The Bertz CT molecular complexity index is 452. The molecule has 1 rings (SSSR count). The quantitative estimate of drug-likeness (QED) is 0.680. The van der Waals surface area contributed by atoms with Crippen molar-refractivity contribution < 1.29 is 9.18 Å². The van der Waals surface area contributed by atoms with Crippen LogP contribution in [0.1, 0.15) is 51.5 Å². The lowest BCUT2D eigenvalue weighted by molar-refractivity contribution is -0.121. The average molecular weight is 331 g/mol. The summed E-state index contributed by atoms with van der Waals surface area (Å²) < 4.78 is 13.3. The van der Waals surface area contributed by atoms with E-state index < -0.39 is 0 Å². The van der Waals surface area contributed by atoms with Gasteiger partial charge in [0.15, 0.2) is 0 Å². The van der Waals surface area contributed by atoms with Crippen LogP contribution in [0.5, 0.6) is 0 Å². The van der Waals surface area contributed by atoms with Gasteiger partial charge in [-0.1, -0.05) is 38.8 Å². The van der Waals surface area contributed by atoms with Crippen molar-refractivity contribution in [3.8, 4) is 0 Å². The highest BCUT2D eigenvalue weighted by molar-refractivity contribution is 5.85. The van der Waals surface area contributed by atoms with Gasteiger partial charge in [-0.05, 0) is 37.1 Å². The first kappa shape index (κ1) is 20.9. The number of benzene rings is 1. The number of halogens is 2. The van der Waals surface area contributed by atoms with E-state index in [1.54, 1.807) is 6.07 Å². The number of carbonyl (C=O) groups excluding carboxylic acids is 1. The van der Waals surface area contributed by atoms with Crippen molar-refractivity contribution >= 4 is 18.3 Å². The summed E-state index contributed by atoms with van der Waals surface area (Å²) in [4.78, 5) is 11.8. The maximum atomic E-state index is 13.3. The van der Waals surface area contributed by atoms with Gasteiger partial charge in [-0.25, -0.2) is 4.39 Å². The second-order valence-corrected chi connectivity index (χ2v) is 6.12. The molecule has 0 atom stereocenters. The lowest BCUT2D eigenvalue weighted by atomic mass is 9.84. The number of nitrogens with two attached hydrogens (primary N) is 1. The van der Waals surface area contributed by atoms with Crippen LogP contribution in [0.25, 0.3) is 0 Å². The Labute approximate surface area is 139 Å². The van der Waals surface area contributed by atoms with Crippen LogP contribution in [-0.2, 0) is 10.2 Å². The SMILES string of the molecule is CC(C)(CNC(=O)CCCCCCN)c1cccc(F)c1.Cl. The molecule has 0 spiro atoms. The van der Waals surface area contributed by atoms with E-state index >= 15 is 0 Å². The molecular weight excluding hydrogens is 303 g/mol. The molecule has 0 aliphatic heterocycles. The predicted molar refractivity (Wildman–Crippen MR) is 91.8 cm³/mol. The monoisotopic (exact) mass is 330 g/mol. The van der Waals surface area contributed by atoms with Gasteiger partial charge in [0.2, 0.25) is 5.91 Å². The van der Waals surface area contributed by atoms with Gasteiger partial charge >= 0.3 is 0 Å². The average Bonchev–Trinajstić information content (AvgIpc) is 2.45. The molecule has 0 radical (unpaired) electrons. The number of rotatable bonds is 9. The van der Waals surface area contributed by atoms with Gasteiger partial charge < -0.3 is 11.1 Å². The van der Waals surface area contributed by atoms with Crippen LogP contribution < -0.4 is 11.1 Å². The normalized spacial score (nSPS) is 10.9. The van der Waals surface area contributed by atoms with E-state index in [0.717, 1.165) is 31.2 Å². The Morgan fingerprint density at radius 3 is 2.55 bits per heavy atom. The molecule has 0 aromatic heterocycles. The van der Waals surface area contributed by atoms with Crippen LogP contribution in [0.15, 0.2) is 24.3 Å². The third-order valence-corrected chi connectivity index (χ3v) is 3.69. The fourth-order valence-corrected chi connectivity index (χ4v) is 2.20. The highest BCUT2D eigenvalue weighted by atomic mass is 35.5. The fraction of sp³-hybridized carbons (Fsp3) is 0.588. The molecule has 3 nitrogen and oxygen atoms in total. The Hall–Kier alpha value is -1.13. The highest BCUT2D eigenvalue weighted by Gasteiger charge is 2.21. The molecule has 1 aromatic rings. The second kappa shape index (κ2) is 10.6. The lowest BCUT2D eigenvalue weighted by Crippen LogP contribution is -2.36. The van der Waals surface area contributed by atoms with Crippen molar-refractivity contribution in [3.63, 3.8) is 0 Å². The Kier molecular flexibility index (Phi) is 10.0. The molecule has 5 heteroatoms. The third-order valence-electron chi connectivity index (χ3n) is 3.69. The van der Waals surface area contributed by atoms with Crippen molar-refractivity contribution in [1.29, 1.82) is 0 Å².